The van der Waals surface area contributed by atoms with Crippen LogP contribution in [0.3, 0.4) is 0 Å². The number of nitrogens with zero attached hydrogens (tertiary/aromatic N) is 3. The number of rotatable bonds is 10. The normalized spacial score (nSPS) is 20.8. The van der Waals surface area contributed by atoms with E-state index in [0.29, 0.717) is 30.0 Å². The summed E-state index contributed by atoms with van der Waals surface area (Å²) in [6.45, 7) is 7.16. The Balaban J connectivity index is 1.37. The molecule has 1 aliphatic carbocycles. The maximum Gasteiger partial charge on any atom is 0.276 e. The molecule has 1 saturated carbocycles. The van der Waals surface area contributed by atoms with Crippen LogP contribution in [0.5, 0.6) is 0 Å². The fourth-order valence-electron chi connectivity index (χ4n) is 5.37. The molecule has 2 aromatic rings. The van der Waals surface area contributed by atoms with E-state index in [-0.39, 0.29) is 29.7 Å². The molecule has 2 aliphatic rings. The molecule has 0 spiro atoms. The largest absolute Gasteiger partial charge is 0.415 e. The Morgan fingerprint density at radius 2 is 1.76 bits per heavy atom. The maximum atomic E-state index is 13.3. The van der Waals surface area contributed by atoms with Gasteiger partial charge < -0.3 is 9.73 Å². The van der Waals surface area contributed by atoms with Gasteiger partial charge >= 0.3 is 0 Å². The third-order valence-electron chi connectivity index (χ3n) is 7.41. The molecular formula is C28H39N5O4S. The summed E-state index contributed by atoms with van der Waals surface area (Å²) >= 11 is 1.30. The topological polar surface area (TPSA) is 117 Å². The van der Waals surface area contributed by atoms with Crippen molar-refractivity contribution in [3.63, 3.8) is 0 Å². The lowest BCUT2D eigenvalue weighted by atomic mass is 9.83. The molecule has 0 bridgehead atoms. The number of imide groups is 1. The zero-order valence-electron chi connectivity index (χ0n) is 22.6. The molecule has 38 heavy (non-hydrogen) atoms. The van der Waals surface area contributed by atoms with Crippen molar-refractivity contribution in [3.05, 3.63) is 41.3 Å². The Kier molecular flexibility index (Phi) is 9.96. The molecule has 3 atom stereocenters. The minimum absolute atomic E-state index is 0.189. The average Bonchev–Trinajstić information content (AvgIpc) is 3.60. The van der Waals surface area contributed by atoms with E-state index in [1.165, 1.54) is 30.2 Å². The molecule has 1 aromatic carbocycles. The third-order valence-corrected chi connectivity index (χ3v) is 7.92. The molecule has 3 amide bonds. The smallest absolute Gasteiger partial charge is 0.276 e. The van der Waals surface area contributed by atoms with Gasteiger partial charge in [0.05, 0.1) is 5.92 Å². The second kappa shape index (κ2) is 13.4. The standard InChI is InChI=1S/C28H39N5O4S/c1-18(2)16-22(27-31-32-28(37-27)38-3)26(36)30-25(35)21-8-4-5-9-23(21)29-24(34)20-12-10-19(11-13-20)17-33-14-6-7-15-33/h10-13,18,21-23H,4-9,14-17H2,1-3H3,(H,29,34)(H,30,35,36)/t21-,22?,23+/m1/s1. The Hall–Kier alpha value is -2.72. The molecule has 1 aliphatic heterocycles. The summed E-state index contributed by atoms with van der Waals surface area (Å²) in [5.74, 6) is -1.77. The molecule has 4 rings (SSSR count). The summed E-state index contributed by atoms with van der Waals surface area (Å²) in [6, 6.07) is 7.39. The number of amides is 3. The lowest BCUT2D eigenvalue weighted by molar-refractivity contribution is -0.135. The Morgan fingerprint density at radius 1 is 1.05 bits per heavy atom. The van der Waals surface area contributed by atoms with E-state index < -0.39 is 17.7 Å². The minimum Gasteiger partial charge on any atom is -0.415 e. The van der Waals surface area contributed by atoms with Crippen LogP contribution in [0.2, 0.25) is 0 Å². The zero-order chi connectivity index (χ0) is 27.1. The van der Waals surface area contributed by atoms with Crippen molar-refractivity contribution < 1.29 is 18.8 Å². The molecule has 9 nitrogen and oxygen atoms in total. The summed E-state index contributed by atoms with van der Waals surface area (Å²) in [4.78, 5) is 41.9. The highest BCUT2D eigenvalue weighted by Gasteiger charge is 2.35. The zero-order valence-corrected chi connectivity index (χ0v) is 23.4. The second-order valence-electron chi connectivity index (χ2n) is 10.8. The van der Waals surface area contributed by atoms with Gasteiger partial charge in [0.15, 0.2) is 0 Å². The van der Waals surface area contributed by atoms with Gasteiger partial charge in [0.2, 0.25) is 17.7 Å². The molecule has 2 N–H and O–H groups in total. The summed E-state index contributed by atoms with van der Waals surface area (Å²) < 4.78 is 5.62. The molecule has 10 heteroatoms. The van der Waals surface area contributed by atoms with E-state index in [1.807, 2.05) is 44.4 Å². The van der Waals surface area contributed by atoms with Crippen LogP contribution < -0.4 is 10.6 Å². The highest BCUT2D eigenvalue weighted by atomic mass is 32.2. The van der Waals surface area contributed by atoms with Gasteiger partial charge in [-0.3, -0.25) is 24.6 Å². The molecule has 1 unspecified atom stereocenters. The monoisotopic (exact) mass is 541 g/mol. The van der Waals surface area contributed by atoms with Gasteiger partial charge in [-0.2, -0.15) is 0 Å². The van der Waals surface area contributed by atoms with E-state index in [0.717, 1.165) is 32.5 Å². The van der Waals surface area contributed by atoms with Gasteiger partial charge in [-0.1, -0.05) is 50.6 Å². The van der Waals surface area contributed by atoms with Gasteiger partial charge in [0, 0.05) is 18.2 Å². The highest BCUT2D eigenvalue weighted by Crippen LogP contribution is 2.28. The predicted molar refractivity (Wildman–Crippen MR) is 146 cm³/mol. The van der Waals surface area contributed by atoms with Gasteiger partial charge in [-0.25, -0.2) is 0 Å². The summed E-state index contributed by atoms with van der Waals surface area (Å²) in [6.07, 6.45) is 7.90. The van der Waals surface area contributed by atoms with Gasteiger partial charge in [-0.05, 0) is 75.1 Å². The number of carbonyl (C=O) groups is 3. The van der Waals surface area contributed by atoms with Crippen LogP contribution in [0, 0.1) is 11.8 Å². The fourth-order valence-corrected chi connectivity index (χ4v) is 5.66. The van der Waals surface area contributed by atoms with Gasteiger partial charge in [0.1, 0.15) is 5.92 Å². The lowest BCUT2D eigenvalue weighted by Gasteiger charge is -2.31. The van der Waals surface area contributed by atoms with Crippen LogP contribution in [0.1, 0.15) is 86.5 Å². The molecule has 2 fully saturated rings. The van der Waals surface area contributed by atoms with Crippen molar-refractivity contribution in [1.82, 2.24) is 25.7 Å². The highest BCUT2D eigenvalue weighted by molar-refractivity contribution is 7.98. The van der Waals surface area contributed by atoms with Crippen molar-refractivity contribution in [2.45, 2.75) is 82.5 Å². The van der Waals surface area contributed by atoms with E-state index in [4.69, 9.17) is 4.42 Å². The van der Waals surface area contributed by atoms with Crippen LogP contribution >= 0.6 is 11.8 Å². The number of aromatic nitrogens is 2. The number of hydrogen-bond donors (Lipinski definition) is 2. The molecule has 206 valence electrons. The maximum absolute atomic E-state index is 13.3. The lowest BCUT2D eigenvalue weighted by Crippen LogP contribution is -2.50. The summed E-state index contributed by atoms with van der Waals surface area (Å²) in [5.41, 5.74) is 1.77. The van der Waals surface area contributed by atoms with E-state index >= 15 is 0 Å². The van der Waals surface area contributed by atoms with Crippen LogP contribution in [0.4, 0.5) is 0 Å². The summed E-state index contributed by atoms with van der Waals surface area (Å²) in [5, 5.41) is 14.0. The summed E-state index contributed by atoms with van der Waals surface area (Å²) in [7, 11) is 0. The predicted octanol–water partition coefficient (Wildman–Crippen LogP) is 4.15. The van der Waals surface area contributed by atoms with Crippen LogP contribution in [0.15, 0.2) is 33.9 Å². The quantitative estimate of drug-likeness (QED) is 0.431. The number of likely N-dealkylation sites (tertiary alicyclic amines) is 1. The van der Waals surface area contributed by atoms with E-state index in [1.54, 1.807) is 0 Å². The first-order chi connectivity index (χ1) is 18.3. The number of hydrogen-bond acceptors (Lipinski definition) is 8. The molecule has 0 radical (unpaired) electrons. The van der Waals surface area contributed by atoms with Crippen molar-refractivity contribution in [1.29, 1.82) is 0 Å². The third kappa shape index (κ3) is 7.44. The van der Waals surface area contributed by atoms with E-state index in [2.05, 4.69) is 25.7 Å². The Morgan fingerprint density at radius 3 is 2.42 bits per heavy atom. The van der Waals surface area contributed by atoms with Gasteiger partial charge in [0.25, 0.3) is 11.1 Å². The fraction of sp³-hybridized carbons (Fsp3) is 0.607. The minimum atomic E-state index is -0.706. The van der Waals surface area contributed by atoms with Crippen LogP contribution in [-0.4, -0.2) is 58.2 Å². The molecule has 1 aromatic heterocycles. The van der Waals surface area contributed by atoms with Crippen molar-refractivity contribution in [2.75, 3.05) is 19.3 Å². The number of benzene rings is 1. The first kappa shape index (κ1) is 28.3. The van der Waals surface area contributed by atoms with Gasteiger partial charge in [-0.15, -0.1) is 10.2 Å². The average molecular weight is 542 g/mol. The molecule has 2 heterocycles. The SMILES string of the molecule is CSc1nnc(C(CC(C)C)C(=O)NC(=O)[C@@H]2CCCC[C@@H]2NC(=O)c2ccc(CN3CCCC3)cc2)o1. The van der Waals surface area contributed by atoms with Crippen molar-refractivity contribution >= 4 is 29.5 Å². The van der Waals surface area contributed by atoms with E-state index in [9.17, 15) is 14.4 Å². The number of carbonyl (C=O) groups excluding carboxylic acids is 3. The molecule has 1 saturated heterocycles. The Bertz CT molecular complexity index is 1100. The first-order valence-corrected chi connectivity index (χ1v) is 14.9. The molecular weight excluding hydrogens is 502 g/mol. The Labute approximate surface area is 228 Å². The second-order valence-corrected chi connectivity index (χ2v) is 11.6. The van der Waals surface area contributed by atoms with Crippen molar-refractivity contribution in [2.24, 2.45) is 11.8 Å². The van der Waals surface area contributed by atoms with Crippen LogP contribution in [0.25, 0.3) is 0 Å². The first-order valence-electron chi connectivity index (χ1n) is 13.7. The number of thioether (sulfide) groups is 1. The number of nitrogens with one attached hydrogen (secondary N) is 2. The van der Waals surface area contributed by atoms with Crippen LogP contribution in [-0.2, 0) is 16.1 Å². The van der Waals surface area contributed by atoms with Crippen molar-refractivity contribution in [3.8, 4) is 0 Å².